The lowest BCUT2D eigenvalue weighted by molar-refractivity contribution is 0.0954. The van der Waals surface area contributed by atoms with Crippen LogP contribution in [0.5, 0.6) is 0 Å². The van der Waals surface area contributed by atoms with Crippen LogP contribution in [-0.4, -0.2) is 33.0 Å². The summed E-state index contributed by atoms with van der Waals surface area (Å²) in [4.78, 5) is 25.4. The number of hydrogen-bond donors (Lipinski definition) is 2. The maximum Gasteiger partial charge on any atom is 0.271 e. The molecule has 0 spiro atoms. The van der Waals surface area contributed by atoms with Crippen molar-refractivity contribution >= 4 is 50.5 Å². The molecule has 2 amide bonds. The third-order valence-electron chi connectivity index (χ3n) is 5.84. The number of rotatable bonds is 8. The van der Waals surface area contributed by atoms with Crippen molar-refractivity contribution in [3.63, 3.8) is 0 Å². The van der Waals surface area contributed by atoms with Gasteiger partial charge in [0.25, 0.3) is 21.8 Å². The van der Waals surface area contributed by atoms with E-state index in [-0.39, 0.29) is 10.8 Å². The maximum atomic E-state index is 12.8. The summed E-state index contributed by atoms with van der Waals surface area (Å²) in [5.41, 5.74) is 5.43. The van der Waals surface area contributed by atoms with E-state index in [1.54, 1.807) is 85.8 Å². The Balaban J connectivity index is 1.41. The summed E-state index contributed by atoms with van der Waals surface area (Å²) < 4.78 is 26.8. The summed E-state index contributed by atoms with van der Waals surface area (Å²) in [5.74, 6) is -0.761. The predicted molar refractivity (Wildman–Crippen MR) is 154 cm³/mol. The Morgan fingerprint density at radius 2 is 1.44 bits per heavy atom. The van der Waals surface area contributed by atoms with E-state index < -0.39 is 15.9 Å². The van der Waals surface area contributed by atoms with Gasteiger partial charge in [0.2, 0.25) is 0 Å². The first-order chi connectivity index (χ1) is 18.6. The highest BCUT2D eigenvalue weighted by molar-refractivity contribution is 7.92. The highest BCUT2D eigenvalue weighted by Gasteiger charge is 2.21. The third-order valence-corrected chi connectivity index (χ3v) is 7.88. The second-order valence-corrected chi connectivity index (χ2v) is 10.9. The van der Waals surface area contributed by atoms with Crippen LogP contribution < -0.4 is 15.0 Å². The molecule has 0 bridgehead atoms. The molecule has 0 aliphatic heterocycles. The molecule has 0 aromatic heterocycles. The van der Waals surface area contributed by atoms with Crippen LogP contribution >= 0.6 is 11.6 Å². The summed E-state index contributed by atoms with van der Waals surface area (Å²) in [5, 5.41) is 7.46. The number of nitrogens with one attached hydrogen (secondary N) is 2. The number of benzene rings is 4. The molecule has 0 atom stereocenters. The fraction of sp³-hybridized carbons (Fsp3) is 0.0690. The van der Waals surface area contributed by atoms with E-state index in [2.05, 4.69) is 15.8 Å². The Hall–Kier alpha value is -4.47. The first-order valence-corrected chi connectivity index (χ1v) is 13.6. The predicted octanol–water partition coefficient (Wildman–Crippen LogP) is 5.57. The average Bonchev–Trinajstić information content (AvgIpc) is 2.96. The van der Waals surface area contributed by atoms with Gasteiger partial charge < -0.3 is 5.32 Å². The lowest BCUT2D eigenvalue weighted by atomic mass is 10.1. The topological polar surface area (TPSA) is 108 Å². The van der Waals surface area contributed by atoms with E-state index in [0.29, 0.717) is 38.8 Å². The van der Waals surface area contributed by atoms with Crippen molar-refractivity contribution in [3.05, 3.63) is 125 Å². The molecule has 0 aliphatic rings. The fourth-order valence-corrected chi connectivity index (χ4v) is 5.04. The zero-order valence-electron chi connectivity index (χ0n) is 21.1. The number of hydrogen-bond acceptors (Lipinski definition) is 5. The van der Waals surface area contributed by atoms with Gasteiger partial charge in [-0.1, -0.05) is 48.0 Å². The Morgan fingerprint density at radius 3 is 2.13 bits per heavy atom. The average molecular weight is 561 g/mol. The van der Waals surface area contributed by atoms with Gasteiger partial charge in [-0.3, -0.25) is 13.9 Å². The molecule has 0 radical (unpaired) electrons. The van der Waals surface area contributed by atoms with Gasteiger partial charge in [-0.2, -0.15) is 5.10 Å². The van der Waals surface area contributed by atoms with Crippen LogP contribution in [-0.2, 0) is 10.0 Å². The van der Waals surface area contributed by atoms with Crippen LogP contribution in [0.3, 0.4) is 0 Å². The van der Waals surface area contributed by atoms with Crippen LogP contribution in [0, 0.1) is 0 Å². The summed E-state index contributed by atoms with van der Waals surface area (Å²) >= 11 is 5.97. The highest BCUT2D eigenvalue weighted by Crippen LogP contribution is 2.22. The van der Waals surface area contributed by atoms with E-state index in [4.69, 9.17) is 11.6 Å². The minimum Gasteiger partial charge on any atom is -0.322 e. The van der Waals surface area contributed by atoms with Gasteiger partial charge >= 0.3 is 0 Å². The number of sulfonamides is 1. The van der Waals surface area contributed by atoms with E-state index in [9.17, 15) is 18.0 Å². The van der Waals surface area contributed by atoms with Gasteiger partial charge in [-0.15, -0.1) is 0 Å². The van der Waals surface area contributed by atoms with Gasteiger partial charge in [0, 0.05) is 28.9 Å². The molecule has 4 aromatic carbocycles. The van der Waals surface area contributed by atoms with Gasteiger partial charge in [-0.25, -0.2) is 13.8 Å². The summed E-state index contributed by atoms with van der Waals surface area (Å²) in [6.45, 7) is 1.73. The number of nitrogens with zero attached hydrogens (tertiary/aromatic N) is 2. The molecule has 10 heteroatoms. The standard InChI is InChI=1S/C29H25ClN4O4S/c1-20(22-8-7-11-25(19-22)31-28(35)23-9-6-10-24(30)18-23)32-33-29(36)21-14-16-26(17-15-21)34(2)39(37,38)27-12-4-3-5-13-27/h3-19H,1-2H3,(H,31,35)(H,33,36)/b32-20-. The number of anilines is 2. The quantitative estimate of drug-likeness (QED) is 0.217. The fourth-order valence-electron chi connectivity index (χ4n) is 3.63. The normalized spacial score (nSPS) is 11.5. The SMILES string of the molecule is C/C(=N/NC(=O)c1ccc(N(C)S(=O)(=O)c2ccccc2)cc1)c1cccc(NC(=O)c2cccc(Cl)c2)c1. The first-order valence-electron chi connectivity index (χ1n) is 11.8. The number of amides is 2. The number of carbonyl (C=O) groups is 2. The molecule has 4 rings (SSSR count). The van der Waals surface area contributed by atoms with Crippen molar-refractivity contribution in [1.82, 2.24) is 5.43 Å². The summed E-state index contributed by atoms with van der Waals surface area (Å²) in [7, 11) is -2.27. The van der Waals surface area contributed by atoms with Gasteiger partial charge in [-0.05, 0) is 79.2 Å². The second kappa shape index (κ2) is 11.9. The van der Waals surface area contributed by atoms with Crippen molar-refractivity contribution in [3.8, 4) is 0 Å². The number of halogens is 1. The molecule has 0 heterocycles. The zero-order chi connectivity index (χ0) is 28.0. The summed E-state index contributed by atoms with van der Waals surface area (Å²) in [6.07, 6.45) is 0. The van der Waals surface area contributed by atoms with Crippen LogP contribution in [0.1, 0.15) is 33.2 Å². The van der Waals surface area contributed by atoms with E-state index in [0.717, 1.165) is 4.31 Å². The molecular formula is C29H25ClN4O4S. The molecule has 8 nitrogen and oxygen atoms in total. The molecule has 2 N–H and O–H groups in total. The molecular weight excluding hydrogens is 536 g/mol. The monoisotopic (exact) mass is 560 g/mol. The van der Waals surface area contributed by atoms with Crippen LogP contribution in [0.15, 0.2) is 113 Å². The van der Waals surface area contributed by atoms with E-state index >= 15 is 0 Å². The summed E-state index contributed by atoms with van der Waals surface area (Å²) in [6, 6.07) is 28.0. The minimum absolute atomic E-state index is 0.173. The van der Waals surface area contributed by atoms with Crippen molar-refractivity contribution in [2.45, 2.75) is 11.8 Å². The van der Waals surface area contributed by atoms with Crippen LogP contribution in [0.2, 0.25) is 5.02 Å². The largest absolute Gasteiger partial charge is 0.322 e. The van der Waals surface area contributed by atoms with Crippen LogP contribution in [0.25, 0.3) is 0 Å². The van der Waals surface area contributed by atoms with Crippen molar-refractivity contribution < 1.29 is 18.0 Å². The Bertz CT molecular complexity index is 1640. The Kier molecular flexibility index (Phi) is 8.43. The van der Waals surface area contributed by atoms with Gasteiger partial charge in [0.05, 0.1) is 16.3 Å². The molecule has 0 aliphatic carbocycles. The number of hydrazone groups is 1. The van der Waals surface area contributed by atoms with E-state index in [1.165, 1.54) is 31.3 Å². The highest BCUT2D eigenvalue weighted by atomic mass is 35.5. The van der Waals surface area contributed by atoms with E-state index in [1.807, 2.05) is 0 Å². The van der Waals surface area contributed by atoms with Crippen molar-refractivity contribution in [2.75, 3.05) is 16.7 Å². The second-order valence-electron chi connectivity index (χ2n) is 8.52. The smallest absolute Gasteiger partial charge is 0.271 e. The van der Waals surface area contributed by atoms with Gasteiger partial charge in [0.1, 0.15) is 0 Å². The molecule has 39 heavy (non-hydrogen) atoms. The third kappa shape index (κ3) is 6.70. The minimum atomic E-state index is -3.73. The molecule has 0 unspecified atom stereocenters. The zero-order valence-corrected chi connectivity index (χ0v) is 22.7. The molecule has 0 fully saturated rings. The molecule has 4 aromatic rings. The lowest BCUT2D eigenvalue weighted by Crippen LogP contribution is -2.26. The number of carbonyl (C=O) groups excluding carboxylic acids is 2. The lowest BCUT2D eigenvalue weighted by Gasteiger charge is -2.19. The molecule has 198 valence electrons. The molecule has 0 saturated carbocycles. The van der Waals surface area contributed by atoms with Crippen LogP contribution in [0.4, 0.5) is 11.4 Å². The molecule has 0 saturated heterocycles. The Labute approximate surface area is 232 Å². The Morgan fingerprint density at radius 1 is 0.769 bits per heavy atom. The maximum absolute atomic E-state index is 12.8. The van der Waals surface area contributed by atoms with Crippen molar-refractivity contribution in [1.29, 1.82) is 0 Å². The first kappa shape index (κ1) is 27.6. The van der Waals surface area contributed by atoms with Gasteiger partial charge in [0.15, 0.2) is 0 Å². The van der Waals surface area contributed by atoms with Crippen molar-refractivity contribution in [2.24, 2.45) is 5.10 Å².